The number of allylic oxidation sites excluding steroid dienone is 1. The maximum atomic E-state index is 9.59. The molecule has 0 amide bonds. The van der Waals surface area contributed by atoms with E-state index < -0.39 is 5.41 Å². The van der Waals surface area contributed by atoms with E-state index in [1.807, 2.05) is 12.1 Å². The second-order valence-electron chi connectivity index (χ2n) is 10.4. The molecule has 41 heavy (non-hydrogen) atoms. The summed E-state index contributed by atoms with van der Waals surface area (Å²) in [6, 6.07) is 47.4. The lowest BCUT2D eigenvalue weighted by Crippen LogP contribution is -2.34. The average molecular weight is 540 g/mol. The van der Waals surface area contributed by atoms with Crippen molar-refractivity contribution in [3.05, 3.63) is 154 Å². The Morgan fingerprint density at radius 1 is 0.683 bits per heavy atom. The van der Waals surface area contributed by atoms with Crippen molar-refractivity contribution in [3.8, 4) is 17.1 Å². The lowest BCUT2D eigenvalue weighted by Gasteiger charge is -2.40. The normalized spacial score (nSPS) is 13.0. The molecular formula is C37H21N3S. The van der Waals surface area contributed by atoms with Gasteiger partial charge in [-0.05, 0) is 51.7 Å². The van der Waals surface area contributed by atoms with Crippen LogP contribution >= 0.6 is 11.3 Å². The van der Waals surface area contributed by atoms with Gasteiger partial charge in [0.25, 0.3) is 0 Å². The summed E-state index contributed by atoms with van der Waals surface area (Å²) in [5.41, 5.74) is 6.54. The number of hydrogen-bond donors (Lipinski definition) is 0. The van der Waals surface area contributed by atoms with Gasteiger partial charge in [0.15, 0.2) is 0 Å². The SMILES string of the molecule is N#CC(C#N)=Cc1cc2c(s1)-n1c3ccccc3c3c4ccccc4cc(c31)C2(c1ccccc1)c1ccccc1. The smallest absolute Gasteiger partial charge is 0.131 e. The molecule has 1 aliphatic heterocycles. The van der Waals surface area contributed by atoms with E-state index in [1.165, 1.54) is 43.8 Å². The highest BCUT2D eigenvalue weighted by molar-refractivity contribution is 7.15. The second-order valence-corrected chi connectivity index (χ2v) is 11.4. The molecule has 0 unspecified atom stereocenters. The Morgan fingerprint density at radius 2 is 1.29 bits per heavy atom. The van der Waals surface area contributed by atoms with Crippen LogP contribution in [0.1, 0.15) is 27.1 Å². The zero-order valence-electron chi connectivity index (χ0n) is 21.9. The van der Waals surface area contributed by atoms with E-state index >= 15 is 0 Å². The Balaban J connectivity index is 1.68. The fraction of sp³-hybridized carbons (Fsp3) is 0.0270. The van der Waals surface area contributed by atoms with Crippen LogP contribution < -0.4 is 0 Å². The molecule has 0 spiro atoms. The number of benzene rings is 5. The minimum Gasteiger partial charge on any atom is -0.300 e. The number of fused-ring (bicyclic) bond motifs is 7. The molecule has 3 heterocycles. The molecule has 0 saturated carbocycles. The lowest BCUT2D eigenvalue weighted by molar-refractivity contribution is 0.735. The molecule has 0 radical (unpaired) electrons. The van der Waals surface area contributed by atoms with E-state index in [-0.39, 0.29) is 5.57 Å². The molecule has 4 heteroatoms. The van der Waals surface area contributed by atoms with Gasteiger partial charge in [0.05, 0.1) is 16.4 Å². The monoisotopic (exact) mass is 539 g/mol. The van der Waals surface area contributed by atoms with E-state index in [4.69, 9.17) is 0 Å². The Labute approximate surface area is 241 Å². The first-order chi connectivity index (χ1) is 20.3. The highest BCUT2D eigenvalue weighted by atomic mass is 32.1. The molecular weight excluding hydrogens is 518 g/mol. The summed E-state index contributed by atoms with van der Waals surface area (Å²) < 4.78 is 2.41. The predicted octanol–water partition coefficient (Wildman–Crippen LogP) is 9.13. The van der Waals surface area contributed by atoms with E-state index in [9.17, 15) is 10.5 Å². The van der Waals surface area contributed by atoms with Crippen LogP contribution in [0.4, 0.5) is 0 Å². The van der Waals surface area contributed by atoms with Gasteiger partial charge in [-0.3, -0.25) is 4.57 Å². The van der Waals surface area contributed by atoms with Crippen molar-refractivity contribution in [2.24, 2.45) is 0 Å². The van der Waals surface area contributed by atoms with Crippen LogP contribution in [0.25, 0.3) is 43.7 Å². The molecule has 0 saturated heterocycles. The first kappa shape index (κ1) is 23.5. The summed E-state index contributed by atoms with van der Waals surface area (Å²) in [5, 5.41) is 25.2. The van der Waals surface area contributed by atoms with Gasteiger partial charge >= 0.3 is 0 Å². The number of rotatable bonds is 3. The number of nitrogens with zero attached hydrogens (tertiary/aromatic N) is 3. The minimum absolute atomic E-state index is 0.0967. The van der Waals surface area contributed by atoms with Crippen LogP contribution in [0.3, 0.4) is 0 Å². The Bertz CT molecular complexity index is 2220. The zero-order chi connectivity index (χ0) is 27.6. The van der Waals surface area contributed by atoms with Gasteiger partial charge in [-0.25, -0.2) is 0 Å². The third-order valence-electron chi connectivity index (χ3n) is 8.34. The number of hydrogen-bond acceptors (Lipinski definition) is 3. The van der Waals surface area contributed by atoms with Crippen LogP contribution in [0, 0.1) is 22.7 Å². The van der Waals surface area contributed by atoms with Gasteiger partial charge in [0.2, 0.25) is 0 Å². The number of nitriles is 2. The molecule has 0 N–H and O–H groups in total. The maximum absolute atomic E-state index is 9.59. The summed E-state index contributed by atoms with van der Waals surface area (Å²) in [7, 11) is 0. The fourth-order valence-electron chi connectivity index (χ4n) is 6.79. The van der Waals surface area contributed by atoms with Crippen LogP contribution in [0.5, 0.6) is 0 Å². The molecule has 0 aliphatic carbocycles. The van der Waals surface area contributed by atoms with Crippen LogP contribution in [0.15, 0.2) is 127 Å². The molecule has 8 rings (SSSR count). The fourth-order valence-corrected chi connectivity index (χ4v) is 7.97. The molecule has 0 fully saturated rings. The van der Waals surface area contributed by atoms with Crippen molar-refractivity contribution < 1.29 is 0 Å². The third kappa shape index (κ3) is 3.11. The topological polar surface area (TPSA) is 52.5 Å². The minimum atomic E-state index is -0.619. The van der Waals surface area contributed by atoms with Crippen LogP contribution in [-0.4, -0.2) is 4.57 Å². The Kier molecular flexibility index (Phi) is 5.03. The van der Waals surface area contributed by atoms with Gasteiger partial charge < -0.3 is 0 Å². The Hall–Kier alpha value is -5.42. The number of aromatic nitrogens is 1. The largest absolute Gasteiger partial charge is 0.300 e. The first-order valence-electron chi connectivity index (χ1n) is 13.5. The number of para-hydroxylation sites is 1. The van der Waals surface area contributed by atoms with Crippen molar-refractivity contribution in [3.63, 3.8) is 0 Å². The van der Waals surface area contributed by atoms with Gasteiger partial charge in [0.1, 0.15) is 22.7 Å². The van der Waals surface area contributed by atoms with E-state index in [0.29, 0.717) is 0 Å². The Morgan fingerprint density at radius 3 is 1.98 bits per heavy atom. The highest BCUT2D eigenvalue weighted by Gasteiger charge is 2.46. The molecule has 2 aromatic heterocycles. The van der Waals surface area contributed by atoms with E-state index in [0.717, 1.165) is 21.0 Å². The maximum Gasteiger partial charge on any atom is 0.131 e. The second kappa shape index (κ2) is 8.80. The van der Waals surface area contributed by atoms with Crippen molar-refractivity contribution in [2.75, 3.05) is 0 Å². The van der Waals surface area contributed by atoms with Crippen LogP contribution in [0.2, 0.25) is 0 Å². The van der Waals surface area contributed by atoms with Gasteiger partial charge in [0, 0.05) is 21.2 Å². The third-order valence-corrected chi connectivity index (χ3v) is 9.41. The predicted molar refractivity (Wildman–Crippen MR) is 167 cm³/mol. The van der Waals surface area contributed by atoms with Crippen molar-refractivity contribution in [1.82, 2.24) is 4.57 Å². The molecule has 5 aromatic carbocycles. The number of thiophene rings is 1. The molecule has 0 bridgehead atoms. The lowest BCUT2D eigenvalue weighted by atomic mass is 9.63. The first-order valence-corrected chi connectivity index (χ1v) is 14.3. The van der Waals surface area contributed by atoms with Crippen molar-refractivity contribution in [1.29, 1.82) is 10.5 Å². The summed E-state index contributed by atoms with van der Waals surface area (Å²) in [5.74, 6) is 0. The molecule has 1 aliphatic rings. The van der Waals surface area contributed by atoms with Gasteiger partial charge in [-0.2, -0.15) is 10.5 Å². The van der Waals surface area contributed by atoms with E-state index in [2.05, 4.69) is 126 Å². The zero-order valence-corrected chi connectivity index (χ0v) is 22.7. The van der Waals surface area contributed by atoms with E-state index in [1.54, 1.807) is 17.4 Å². The molecule has 7 aromatic rings. The van der Waals surface area contributed by atoms with Gasteiger partial charge in [-0.1, -0.05) is 103 Å². The van der Waals surface area contributed by atoms with Crippen molar-refractivity contribution >= 4 is 50.0 Å². The average Bonchev–Trinajstić information content (AvgIpc) is 3.61. The molecule has 3 nitrogen and oxygen atoms in total. The van der Waals surface area contributed by atoms with Crippen LogP contribution in [-0.2, 0) is 5.41 Å². The van der Waals surface area contributed by atoms with Gasteiger partial charge in [-0.15, -0.1) is 11.3 Å². The summed E-state index contributed by atoms with van der Waals surface area (Å²) in [4.78, 5) is 0.882. The molecule has 190 valence electrons. The highest BCUT2D eigenvalue weighted by Crippen LogP contribution is 2.57. The standard InChI is InChI=1S/C37H21N3S/c38-22-24(23-39)19-28-21-32-36(41-28)40-33-18-10-9-17-30(33)34-29-16-8-7-11-25(29)20-31(35(34)40)37(32,26-12-3-1-4-13-26)27-14-5-2-6-15-27/h1-21H. The summed E-state index contributed by atoms with van der Waals surface area (Å²) in [6.45, 7) is 0. The quantitative estimate of drug-likeness (QED) is 0.210. The summed E-state index contributed by atoms with van der Waals surface area (Å²) in [6.07, 6.45) is 1.72. The molecule has 0 atom stereocenters. The van der Waals surface area contributed by atoms with Crippen molar-refractivity contribution in [2.45, 2.75) is 5.41 Å². The summed E-state index contributed by atoms with van der Waals surface area (Å²) >= 11 is 1.63.